The van der Waals surface area contributed by atoms with Gasteiger partial charge in [-0.15, -0.1) is 0 Å². The lowest BCUT2D eigenvalue weighted by molar-refractivity contribution is 0.397. The number of anilines is 1. The topological polar surface area (TPSA) is 60.2 Å². The van der Waals surface area contributed by atoms with E-state index >= 15 is 0 Å². The lowest BCUT2D eigenvalue weighted by Gasteiger charge is -2.08. The largest absolute Gasteiger partial charge is 0.481 e. The van der Waals surface area contributed by atoms with Crippen LogP contribution in [0.2, 0.25) is 0 Å². The third-order valence-corrected chi connectivity index (χ3v) is 2.91. The SMILES string of the molecule is COc1cc(CNc2ccc(C(N)=S)cc2)ccn1. The molecule has 0 saturated heterocycles. The summed E-state index contributed by atoms with van der Waals surface area (Å²) in [5.41, 5.74) is 8.53. The van der Waals surface area contributed by atoms with Crippen LogP contribution >= 0.6 is 12.2 Å². The Bertz CT molecular complexity index is 569. The highest BCUT2D eigenvalue weighted by Gasteiger charge is 1.99. The van der Waals surface area contributed by atoms with Gasteiger partial charge in [0.1, 0.15) is 4.99 Å². The number of nitrogens with zero attached hydrogens (tertiary/aromatic N) is 1. The minimum absolute atomic E-state index is 0.408. The maximum Gasteiger partial charge on any atom is 0.213 e. The summed E-state index contributed by atoms with van der Waals surface area (Å²) < 4.78 is 5.08. The number of ether oxygens (including phenoxy) is 1. The first kappa shape index (κ1) is 13.3. The quantitative estimate of drug-likeness (QED) is 0.819. The minimum Gasteiger partial charge on any atom is -0.481 e. The number of rotatable bonds is 5. The molecule has 2 aromatic rings. The van der Waals surface area contributed by atoms with Crippen molar-refractivity contribution in [3.05, 3.63) is 53.7 Å². The van der Waals surface area contributed by atoms with Crippen LogP contribution in [0.25, 0.3) is 0 Å². The van der Waals surface area contributed by atoms with Crippen molar-refractivity contribution in [2.75, 3.05) is 12.4 Å². The molecule has 0 bridgehead atoms. The van der Waals surface area contributed by atoms with E-state index < -0.39 is 0 Å². The van der Waals surface area contributed by atoms with E-state index in [0.717, 1.165) is 16.8 Å². The molecule has 0 spiro atoms. The van der Waals surface area contributed by atoms with Crippen LogP contribution in [-0.4, -0.2) is 17.1 Å². The maximum absolute atomic E-state index is 5.55. The maximum atomic E-state index is 5.55. The second-order valence-electron chi connectivity index (χ2n) is 4.00. The summed E-state index contributed by atoms with van der Waals surface area (Å²) >= 11 is 4.91. The third-order valence-electron chi connectivity index (χ3n) is 2.67. The van der Waals surface area contributed by atoms with Gasteiger partial charge in [-0.05, 0) is 35.9 Å². The predicted molar refractivity (Wildman–Crippen MR) is 80.4 cm³/mol. The van der Waals surface area contributed by atoms with E-state index in [4.69, 9.17) is 22.7 Å². The predicted octanol–water partition coefficient (Wildman–Crippen LogP) is 2.34. The van der Waals surface area contributed by atoms with Crippen LogP contribution < -0.4 is 15.8 Å². The molecule has 2 rings (SSSR count). The second kappa shape index (κ2) is 6.15. The van der Waals surface area contributed by atoms with Gasteiger partial charge in [-0.3, -0.25) is 0 Å². The smallest absolute Gasteiger partial charge is 0.213 e. The normalized spacial score (nSPS) is 9.95. The first-order chi connectivity index (χ1) is 9.19. The lowest BCUT2D eigenvalue weighted by atomic mass is 10.2. The summed E-state index contributed by atoms with van der Waals surface area (Å²) in [7, 11) is 1.61. The highest BCUT2D eigenvalue weighted by atomic mass is 32.1. The number of hydrogen-bond donors (Lipinski definition) is 2. The monoisotopic (exact) mass is 273 g/mol. The molecule has 19 heavy (non-hydrogen) atoms. The Kier molecular flexibility index (Phi) is 4.30. The number of hydrogen-bond acceptors (Lipinski definition) is 4. The Labute approximate surface area is 117 Å². The fourth-order valence-electron chi connectivity index (χ4n) is 1.63. The van der Waals surface area contributed by atoms with Crippen LogP contribution in [0.5, 0.6) is 5.88 Å². The number of benzene rings is 1. The van der Waals surface area contributed by atoms with E-state index in [1.807, 2.05) is 36.4 Å². The van der Waals surface area contributed by atoms with Crippen molar-refractivity contribution in [3.63, 3.8) is 0 Å². The molecular formula is C14H15N3OS. The van der Waals surface area contributed by atoms with Crippen molar-refractivity contribution in [3.8, 4) is 5.88 Å². The number of nitrogens with one attached hydrogen (secondary N) is 1. The Balaban J connectivity index is 1.99. The van der Waals surface area contributed by atoms with Gasteiger partial charge < -0.3 is 15.8 Å². The molecular weight excluding hydrogens is 258 g/mol. The molecule has 0 saturated carbocycles. The summed E-state index contributed by atoms with van der Waals surface area (Å²) in [6, 6.07) is 11.5. The molecule has 0 amide bonds. The molecule has 0 aliphatic carbocycles. The van der Waals surface area contributed by atoms with Gasteiger partial charge in [-0.2, -0.15) is 0 Å². The molecule has 0 atom stereocenters. The Morgan fingerprint density at radius 1 is 1.32 bits per heavy atom. The summed E-state index contributed by atoms with van der Waals surface area (Å²) in [4.78, 5) is 4.47. The minimum atomic E-state index is 0.408. The van der Waals surface area contributed by atoms with Crippen molar-refractivity contribution in [1.29, 1.82) is 0 Å². The molecule has 1 heterocycles. The molecule has 3 N–H and O–H groups in total. The molecule has 4 nitrogen and oxygen atoms in total. The van der Waals surface area contributed by atoms with Crippen LogP contribution in [0.4, 0.5) is 5.69 Å². The number of aromatic nitrogens is 1. The Morgan fingerprint density at radius 3 is 2.68 bits per heavy atom. The number of methoxy groups -OCH3 is 1. The average Bonchev–Trinajstić information content (AvgIpc) is 2.46. The Morgan fingerprint density at radius 2 is 2.05 bits per heavy atom. The van der Waals surface area contributed by atoms with Crippen molar-refractivity contribution >= 4 is 22.9 Å². The molecule has 0 radical (unpaired) electrons. The summed E-state index contributed by atoms with van der Waals surface area (Å²) in [6.45, 7) is 0.700. The van der Waals surface area contributed by atoms with Gasteiger partial charge in [0.05, 0.1) is 7.11 Å². The van der Waals surface area contributed by atoms with Crippen LogP contribution in [0, 0.1) is 0 Å². The average molecular weight is 273 g/mol. The van der Waals surface area contributed by atoms with E-state index in [-0.39, 0.29) is 0 Å². The first-order valence-corrected chi connectivity index (χ1v) is 6.22. The molecule has 0 aliphatic rings. The van der Waals surface area contributed by atoms with Crippen molar-refractivity contribution in [1.82, 2.24) is 4.98 Å². The van der Waals surface area contributed by atoms with Crippen LogP contribution in [0.15, 0.2) is 42.6 Å². The van der Waals surface area contributed by atoms with E-state index in [2.05, 4.69) is 10.3 Å². The van der Waals surface area contributed by atoms with E-state index in [1.54, 1.807) is 13.3 Å². The van der Waals surface area contributed by atoms with E-state index in [9.17, 15) is 0 Å². The van der Waals surface area contributed by atoms with E-state index in [1.165, 1.54) is 0 Å². The molecule has 98 valence electrons. The van der Waals surface area contributed by atoms with Gasteiger partial charge in [-0.1, -0.05) is 12.2 Å². The van der Waals surface area contributed by atoms with Gasteiger partial charge in [0.2, 0.25) is 5.88 Å². The van der Waals surface area contributed by atoms with Crippen molar-refractivity contribution in [2.24, 2.45) is 5.73 Å². The number of pyridine rings is 1. The molecule has 0 fully saturated rings. The van der Waals surface area contributed by atoms with Gasteiger partial charge in [-0.25, -0.2) is 4.98 Å². The molecule has 1 aromatic heterocycles. The molecule has 0 aliphatic heterocycles. The van der Waals surface area contributed by atoms with E-state index in [0.29, 0.717) is 17.4 Å². The van der Waals surface area contributed by atoms with Crippen molar-refractivity contribution < 1.29 is 4.74 Å². The highest BCUT2D eigenvalue weighted by molar-refractivity contribution is 7.80. The third kappa shape index (κ3) is 3.66. The van der Waals surface area contributed by atoms with Crippen LogP contribution in [0.3, 0.4) is 0 Å². The molecule has 0 unspecified atom stereocenters. The van der Waals surface area contributed by atoms with Crippen LogP contribution in [-0.2, 0) is 6.54 Å². The Hall–Kier alpha value is -2.14. The zero-order chi connectivity index (χ0) is 13.7. The van der Waals surface area contributed by atoms with Gasteiger partial charge >= 0.3 is 0 Å². The number of nitrogens with two attached hydrogens (primary N) is 1. The molecule has 1 aromatic carbocycles. The second-order valence-corrected chi connectivity index (χ2v) is 4.44. The lowest BCUT2D eigenvalue weighted by Crippen LogP contribution is -2.09. The van der Waals surface area contributed by atoms with Gasteiger partial charge in [0, 0.05) is 30.1 Å². The van der Waals surface area contributed by atoms with Crippen LogP contribution in [0.1, 0.15) is 11.1 Å². The molecule has 5 heteroatoms. The summed E-state index contributed by atoms with van der Waals surface area (Å²) in [5.74, 6) is 0.614. The first-order valence-electron chi connectivity index (χ1n) is 5.81. The zero-order valence-corrected chi connectivity index (χ0v) is 11.4. The zero-order valence-electron chi connectivity index (χ0n) is 10.6. The summed E-state index contributed by atoms with van der Waals surface area (Å²) in [6.07, 6.45) is 1.73. The fourth-order valence-corrected chi connectivity index (χ4v) is 1.76. The fraction of sp³-hybridized carbons (Fsp3) is 0.143. The van der Waals surface area contributed by atoms with Crippen molar-refractivity contribution in [2.45, 2.75) is 6.54 Å². The van der Waals surface area contributed by atoms with Gasteiger partial charge in [0.25, 0.3) is 0 Å². The highest BCUT2D eigenvalue weighted by Crippen LogP contribution is 2.13. The van der Waals surface area contributed by atoms with Gasteiger partial charge in [0.15, 0.2) is 0 Å². The standard InChI is InChI=1S/C14H15N3OS/c1-18-13-8-10(6-7-16-13)9-17-12-4-2-11(3-5-12)14(15)19/h2-8,17H,9H2,1H3,(H2,15,19). The number of thiocarbonyl (C=S) groups is 1. The summed E-state index contributed by atoms with van der Waals surface area (Å²) in [5, 5.41) is 3.31.